The molecule has 2 saturated heterocycles. The number of hydrogen-bond acceptors (Lipinski definition) is 5. The number of carbonyl (C=O) groups is 3. The number of benzene rings is 4. The maximum absolute atomic E-state index is 14.0. The van der Waals surface area contributed by atoms with Gasteiger partial charge < -0.3 is 0 Å². The van der Waals surface area contributed by atoms with Crippen LogP contribution in [0.5, 0.6) is 0 Å². The number of fused-ring (bicyclic) bond motifs is 6. The van der Waals surface area contributed by atoms with Crippen molar-refractivity contribution in [1.82, 2.24) is 5.01 Å². The van der Waals surface area contributed by atoms with E-state index in [-0.39, 0.29) is 17.3 Å². The molecule has 0 bridgehead atoms. The Kier molecular flexibility index (Phi) is 4.63. The molecule has 3 aliphatic heterocycles. The summed E-state index contributed by atoms with van der Waals surface area (Å²) in [4.78, 5) is 43.1. The number of anilines is 1. The van der Waals surface area contributed by atoms with Gasteiger partial charge in [-0.2, -0.15) is 5.10 Å². The summed E-state index contributed by atoms with van der Waals surface area (Å²) < 4.78 is 13.6. The van der Waals surface area contributed by atoms with Gasteiger partial charge in [-0.15, -0.1) is 0 Å². The third kappa shape index (κ3) is 3.10. The molecule has 0 aromatic heterocycles. The molecule has 0 spiro atoms. The van der Waals surface area contributed by atoms with Crippen LogP contribution in [0.2, 0.25) is 0 Å². The molecule has 37 heavy (non-hydrogen) atoms. The number of nitrogens with zero attached hydrogens (tertiary/aromatic N) is 3. The van der Waals surface area contributed by atoms with Gasteiger partial charge >= 0.3 is 0 Å². The van der Waals surface area contributed by atoms with Crippen LogP contribution < -0.4 is 4.90 Å². The molecular formula is C30H20FN3O3. The molecule has 4 aromatic rings. The molecule has 4 atom stereocenters. The normalized spacial score (nSPS) is 23.8. The fraction of sp³-hybridized carbons (Fsp3) is 0.133. The van der Waals surface area contributed by atoms with E-state index in [1.165, 1.54) is 29.2 Å². The van der Waals surface area contributed by atoms with Gasteiger partial charge in [-0.1, -0.05) is 54.6 Å². The van der Waals surface area contributed by atoms with E-state index in [0.29, 0.717) is 5.69 Å². The second-order valence-corrected chi connectivity index (χ2v) is 9.61. The highest BCUT2D eigenvalue weighted by molar-refractivity contribution is 6.25. The molecule has 0 unspecified atom stereocenters. The smallest absolute Gasteiger partial charge is 0.240 e. The first-order valence-electron chi connectivity index (χ1n) is 12.1. The van der Waals surface area contributed by atoms with Crippen LogP contribution in [0.15, 0.2) is 96.1 Å². The minimum atomic E-state index is -0.994. The van der Waals surface area contributed by atoms with E-state index in [4.69, 9.17) is 0 Å². The zero-order valence-corrected chi connectivity index (χ0v) is 19.5. The summed E-state index contributed by atoms with van der Waals surface area (Å²) in [5.74, 6) is -3.31. The zero-order chi connectivity index (χ0) is 25.3. The van der Waals surface area contributed by atoms with Gasteiger partial charge in [0, 0.05) is 5.56 Å². The van der Waals surface area contributed by atoms with Crippen molar-refractivity contribution in [2.24, 2.45) is 16.9 Å². The van der Waals surface area contributed by atoms with Gasteiger partial charge in [0.1, 0.15) is 11.9 Å². The van der Waals surface area contributed by atoms with E-state index in [0.717, 1.165) is 21.9 Å². The summed E-state index contributed by atoms with van der Waals surface area (Å²) in [7, 11) is 0. The molecule has 2 amide bonds. The molecule has 2 fully saturated rings. The first kappa shape index (κ1) is 21.6. The van der Waals surface area contributed by atoms with Crippen LogP contribution in [0.4, 0.5) is 10.1 Å². The first-order chi connectivity index (χ1) is 18.0. The van der Waals surface area contributed by atoms with Crippen molar-refractivity contribution >= 4 is 40.3 Å². The molecule has 7 heteroatoms. The summed E-state index contributed by atoms with van der Waals surface area (Å²) in [5, 5.41) is 8.07. The lowest BCUT2D eigenvalue weighted by Gasteiger charge is -2.33. The average Bonchev–Trinajstić information content (AvgIpc) is 3.40. The molecule has 0 radical (unpaired) electrons. The van der Waals surface area contributed by atoms with Crippen LogP contribution in [-0.4, -0.2) is 34.9 Å². The minimum absolute atomic E-state index is 0.268. The Morgan fingerprint density at radius 2 is 1.49 bits per heavy atom. The third-order valence-electron chi connectivity index (χ3n) is 7.68. The largest absolute Gasteiger partial charge is 0.292 e. The molecule has 7 rings (SSSR count). The van der Waals surface area contributed by atoms with Crippen molar-refractivity contribution in [3.63, 3.8) is 0 Å². The number of amides is 2. The highest BCUT2D eigenvalue weighted by Gasteiger charge is 2.65. The van der Waals surface area contributed by atoms with E-state index in [9.17, 15) is 18.8 Å². The Morgan fingerprint density at radius 1 is 0.784 bits per heavy atom. The number of hydrazone groups is 1. The van der Waals surface area contributed by atoms with Gasteiger partial charge in [-0.25, -0.2) is 9.29 Å². The number of ketones is 1. The molecule has 3 heterocycles. The molecule has 180 valence electrons. The Hall–Kier alpha value is -4.65. The maximum atomic E-state index is 14.0. The van der Waals surface area contributed by atoms with E-state index >= 15 is 0 Å². The Labute approximate surface area is 211 Å². The standard InChI is InChI=1S/C30H20FN3O3/c31-21-12-9-18(10-13-21)28(35)27-25-24(26-23-8-4-3-7-20(23)16-32-34(26)27)29(36)33(30(25)37)22-14-11-17-5-1-2-6-19(17)15-22/h1-16,24-27H/t24-,25+,26+,27-/m1/s1. The van der Waals surface area contributed by atoms with E-state index in [1.54, 1.807) is 17.3 Å². The lowest BCUT2D eigenvalue weighted by atomic mass is 9.83. The first-order valence-corrected chi connectivity index (χ1v) is 12.1. The summed E-state index contributed by atoms with van der Waals surface area (Å²) in [6.07, 6.45) is 1.66. The number of imide groups is 1. The van der Waals surface area contributed by atoms with Crippen LogP contribution in [0.25, 0.3) is 10.8 Å². The summed E-state index contributed by atoms with van der Waals surface area (Å²) in [6, 6.07) is 24.5. The molecule has 6 nitrogen and oxygen atoms in total. The maximum Gasteiger partial charge on any atom is 0.240 e. The summed E-state index contributed by atoms with van der Waals surface area (Å²) in [6.45, 7) is 0. The van der Waals surface area contributed by atoms with E-state index in [2.05, 4.69) is 5.10 Å². The van der Waals surface area contributed by atoms with Gasteiger partial charge in [0.25, 0.3) is 0 Å². The van der Waals surface area contributed by atoms with Gasteiger partial charge in [-0.05, 0) is 58.3 Å². The summed E-state index contributed by atoms with van der Waals surface area (Å²) in [5.41, 5.74) is 2.45. The van der Waals surface area contributed by atoms with Crippen LogP contribution in [0.3, 0.4) is 0 Å². The Balaban J connectivity index is 1.37. The lowest BCUT2D eigenvalue weighted by Crippen LogP contribution is -2.44. The van der Waals surface area contributed by atoms with Gasteiger partial charge in [0.15, 0.2) is 5.78 Å². The van der Waals surface area contributed by atoms with Crippen molar-refractivity contribution in [1.29, 1.82) is 0 Å². The molecule has 0 aliphatic carbocycles. The fourth-order valence-corrected chi connectivity index (χ4v) is 6.02. The Bertz CT molecular complexity index is 1650. The van der Waals surface area contributed by atoms with Crippen LogP contribution >= 0.6 is 0 Å². The highest BCUT2D eigenvalue weighted by atomic mass is 19.1. The number of halogens is 1. The number of hydrogen-bond donors (Lipinski definition) is 0. The van der Waals surface area contributed by atoms with Crippen molar-refractivity contribution in [2.45, 2.75) is 12.1 Å². The third-order valence-corrected chi connectivity index (χ3v) is 7.68. The SMILES string of the molecule is O=C(c1ccc(F)cc1)[C@H]1[C@H]2C(=O)N(c3ccc4ccccc4c3)C(=O)[C@H]2[C@@H]2c3ccccc3C=NN12. The van der Waals surface area contributed by atoms with Crippen LogP contribution in [-0.2, 0) is 9.59 Å². The van der Waals surface area contributed by atoms with Gasteiger partial charge in [-0.3, -0.25) is 19.4 Å². The predicted octanol–water partition coefficient (Wildman–Crippen LogP) is 4.74. The van der Waals surface area contributed by atoms with Crippen molar-refractivity contribution in [2.75, 3.05) is 4.90 Å². The minimum Gasteiger partial charge on any atom is -0.292 e. The second-order valence-electron chi connectivity index (χ2n) is 9.61. The number of carbonyl (C=O) groups excluding carboxylic acids is 3. The molecular weight excluding hydrogens is 469 g/mol. The van der Waals surface area contributed by atoms with Crippen molar-refractivity contribution in [3.05, 3.63) is 114 Å². The van der Waals surface area contributed by atoms with Gasteiger partial charge in [0.05, 0.1) is 29.8 Å². The monoisotopic (exact) mass is 489 g/mol. The second kappa shape index (κ2) is 7.93. The fourth-order valence-electron chi connectivity index (χ4n) is 6.02. The van der Waals surface area contributed by atoms with Crippen molar-refractivity contribution < 1.29 is 18.8 Å². The molecule has 0 saturated carbocycles. The topological polar surface area (TPSA) is 70.0 Å². The molecule has 0 N–H and O–H groups in total. The van der Waals surface area contributed by atoms with Crippen molar-refractivity contribution in [3.8, 4) is 0 Å². The average molecular weight is 490 g/mol. The van der Waals surface area contributed by atoms with E-state index in [1.807, 2.05) is 60.7 Å². The van der Waals surface area contributed by atoms with Gasteiger partial charge in [0.2, 0.25) is 11.8 Å². The zero-order valence-electron chi connectivity index (χ0n) is 19.5. The van der Waals surface area contributed by atoms with Crippen LogP contribution in [0, 0.1) is 17.7 Å². The summed E-state index contributed by atoms with van der Waals surface area (Å²) >= 11 is 0. The Morgan fingerprint density at radius 3 is 2.30 bits per heavy atom. The predicted molar refractivity (Wildman–Crippen MR) is 137 cm³/mol. The molecule has 3 aliphatic rings. The van der Waals surface area contributed by atoms with Crippen LogP contribution in [0.1, 0.15) is 27.5 Å². The number of Topliss-reactive ketones (excluding diaryl/α,β-unsaturated/α-hetero) is 1. The lowest BCUT2D eigenvalue weighted by molar-refractivity contribution is -0.124. The quantitative estimate of drug-likeness (QED) is 0.308. The highest BCUT2D eigenvalue weighted by Crippen LogP contribution is 2.53. The number of rotatable bonds is 3. The molecule has 4 aromatic carbocycles. The van der Waals surface area contributed by atoms with E-state index < -0.39 is 35.6 Å².